The third-order valence-electron chi connectivity index (χ3n) is 2.48. The minimum Gasteiger partial charge on any atom is -0.446 e. The highest BCUT2D eigenvalue weighted by molar-refractivity contribution is 9.10. The van der Waals surface area contributed by atoms with E-state index >= 15 is 0 Å². The van der Waals surface area contributed by atoms with Gasteiger partial charge < -0.3 is 4.42 Å². The quantitative estimate of drug-likeness (QED) is 0.737. The molecular formula is C13H6BrCl2NO2. The Morgan fingerprint density at radius 2 is 2.05 bits per heavy atom. The summed E-state index contributed by atoms with van der Waals surface area (Å²) in [7, 11) is 0. The Labute approximate surface area is 127 Å². The summed E-state index contributed by atoms with van der Waals surface area (Å²) < 4.78 is 5.59. The van der Waals surface area contributed by atoms with Gasteiger partial charge in [0.1, 0.15) is 5.92 Å². The predicted octanol–water partition coefficient (Wildman–Crippen LogP) is 4.84. The number of benzene rings is 1. The third-order valence-corrected chi connectivity index (χ3v) is 3.47. The Morgan fingerprint density at radius 1 is 1.32 bits per heavy atom. The molecule has 0 bridgehead atoms. The maximum Gasteiger partial charge on any atom is 0.219 e. The molecule has 0 N–H and O–H groups in total. The molecule has 2 aromatic rings. The van der Waals surface area contributed by atoms with Crippen molar-refractivity contribution in [3.63, 3.8) is 0 Å². The first kappa shape index (κ1) is 14.1. The van der Waals surface area contributed by atoms with Gasteiger partial charge in [-0.2, -0.15) is 5.26 Å². The van der Waals surface area contributed by atoms with Gasteiger partial charge in [0, 0.05) is 10.0 Å². The Morgan fingerprint density at radius 3 is 2.58 bits per heavy atom. The molecule has 3 nitrogen and oxygen atoms in total. The lowest BCUT2D eigenvalue weighted by molar-refractivity contribution is 0.0950. The Bertz CT molecular complexity index is 676. The average Bonchev–Trinajstić information content (AvgIpc) is 2.79. The van der Waals surface area contributed by atoms with E-state index in [1.165, 1.54) is 12.1 Å². The zero-order valence-electron chi connectivity index (χ0n) is 9.36. The van der Waals surface area contributed by atoms with Crippen LogP contribution in [-0.2, 0) is 0 Å². The molecule has 1 aromatic carbocycles. The summed E-state index contributed by atoms with van der Waals surface area (Å²) in [5.74, 6) is -1.37. The Kier molecular flexibility index (Phi) is 4.31. The van der Waals surface area contributed by atoms with Crippen LogP contribution < -0.4 is 0 Å². The van der Waals surface area contributed by atoms with E-state index in [1.807, 2.05) is 6.07 Å². The smallest absolute Gasteiger partial charge is 0.219 e. The molecule has 0 spiro atoms. The van der Waals surface area contributed by atoms with Crippen molar-refractivity contribution in [2.24, 2.45) is 0 Å². The summed E-state index contributed by atoms with van der Waals surface area (Å²) in [4.78, 5) is 12.2. The molecule has 1 aromatic heterocycles. The van der Waals surface area contributed by atoms with E-state index < -0.39 is 11.7 Å². The second-order valence-corrected chi connectivity index (χ2v) is 5.32. The molecule has 0 radical (unpaired) electrons. The van der Waals surface area contributed by atoms with Gasteiger partial charge in [0.15, 0.2) is 10.4 Å². The third kappa shape index (κ3) is 3.01. The average molecular weight is 359 g/mol. The number of hydrogen-bond donors (Lipinski definition) is 0. The van der Waals surface area contributed by atoms with E-state index in [2.05, 4.69) is 15.9 Å². The number of rotatable bonds is 3. The minimum absolute atomic E-state index is 0.101. The standard InChI is InChI=1S/C13H6BrCl2NO2/c14-12-4-3-11(19-12)13(18)9(6-17)8-2-1-7(15)5-10(8)16/h1-5,9H. The first-order valence-electron chi connectivity index (χ1n) is 5.17. The number of Topliss-reactive ketones (excluding diaryl/α,β-unsaturated/α-hetero) is 1. The lowest BCUT2D eigenvalue weighted by atomic mass is 9.95. The number of ketones is 1. The van der Waals surface area contributed by atoms with E-state index in [0.717, 1.165) is 0 Å². The van der Waals surface area contributed by atoms with Crippen molar-refractivity contribution in [1.29, 1.82) is 5.26 Å². The van der Waals surface area contributed by atoms with Crippen LogP contribution in [0.5, 0.6) is 0 Å². The van der Waals surface area contributed by atoms with Crippen LogP contribution >= 0.6 is 39.1 Å². The summed E-state index contributed by atoms with van der Waals surface area (Å²) in [6.07, 6.45) is 0. The summed E-state index contributed by atoms with van der Waals surface area (Å²) in [6.45, 7) is 0. The number of nitrogens with zero attached hydrogens (tertiary/aromatic N) is 1. The van der Waals surface area contributed by atoms with Crippen LogP contribution in [0, 0.1) is 11.3 Å². The fraction of sp³-hybridized carbons (Fsp3) is 0.0769. The minimum atomic E-state index is -1.03. The van der Waals surface area contributed by atoms with Gasteiger partial charge in [-0.3, -0.25) is 4.79 Å². The number of carbonyl (C=O) groups is 1. The summed E-state index contributed by atoms with van der Waals surface area (Å²) >= 11 is 14.9. The molecule has 0 fully saturated rings. The van der Waals surface area contributed by atoms with Crippen LogP contribution in [-0.4, -0.2) is 5.78 Å². The molecule has 0 saturated carbocycles. The second kappa shape index (κ2) is 5.79. The molecule has 2 rings (SSSR count). The molecule has 6 heteroatoms. The van der Waals surface area contributed by atoms with Gasteiger partial charge in [-0.15, -0.1) is 0 Å². The largest absolute Gasteiger partial charge is 0.446 e. The van der Waals surface area contributed by atoms with E-state index in [4.69, 9.17) is 27.6 Å². The van der Waals surface area contributed by atoms with Gasteiger partial charge in [-0.1, -0.05) is 29.3 Å². The van der Waals surface area contributed by atoms with E-state index in [1.54, 1.807) is 18.2 Å². The molecule has 0 aliphatic heterocycles. The molecule has 1 atom stereocenters. The molecule has 19 heavy (non-hydrogen) atoms. The van der Waals surface area contributed by atoms with Crippen molar-refractivity contribution in [2.75, 3.05) is 0 Å². The molecular weight excluding hydrogens is 353 g/mol. The van der Waals surface area contributed by atoms with Crippen molar-refractivity contribution in [3.8, 4) is 6.07 Å². The summed E-state index contributed by atoms with van der Waals surface area (Å²) in [6, 6.07) is 9.66. The fourth-order valence-corrected chi connectivity index (χ4v) is 2.42. The number of carbonyl (C=O) groups excluding carboxylic acids is 1. The maximum atomic E-state index is 12.2. The van der Waals surface area contributed by atoms with Gasteiger partial charge in [0.05, 0.1) is 6.07 Å². The van der Waals surface area contributed by atoms with Crippen LogP contribution in [0.15, 0.2) is 39.4 Å². The number of hydrogen-bond acceptors (Lipinski definition) is 3. The molecule has 96 valence electrons. The second-order valence-electron chi connectivity index (χ2n) is 3.70. The highest BCUT2D eigenvalue weighted by Gasteiger charge is 2.26. The monoisotopic (exact) mass is 357 g/mol. The zero-order valence-corrected chi connectivity index (χ0v) is 12.5. The van der Waals surface area contributed by atoms with Gasteiger partial charge in [-0.25, -0.2) is 0 Å². The lowest BCUT2D eigenvalue weighted by Crippen LogP contribution is -2.11. The van der Waals surface area contributed by atoms with E-state index in [9.17, 15) is 10.1 Å². The maximum absolute atomic E-state index is 12.2. The van der Waals surface area contributed by atoms with Gasteiger partial charge in [0.25, 0.3) is 0 Å². The van der Waals surface area contributed by atoms with Crippen molar-refractivity contribution < 1.29 is 9.21 Å². The predicted molar refractivity (Wildman–Crippen MR) is 75.6 cm³/mol. The Hall–Kier alpha value is -1.28. The van der Waals surface area contributed by atoms with Crippen molar-refractivity contribution in [1.82, 2.24) is 0 Å². The van der Waals surface area contributed by atoms with Gasteiger partial charge >= 0.3 is 0 Å². The molecule has 0 aliphatic carbocycles. The fourth-order valence-electron chi connectivity index (χ4n) is 1.59. The van der Waals surface area contributed by atoms with E-state index in [0.29, 0.717) is 15.3 Å². The first-order chi connectivity index (χ1) is 9.02. The topological polar surface area (TPSA) is 54.0 Å². The molecule has 0 amide bonds. The molecule has 0 saturated heterocycles. The van der Waals surface area contributed by atoms with Crippen LogP contribution in [0.1, 0.15) is 22.0 Å². The molecule has 1 unspecified atom stereocenters. The normalized spacial score (nSPS) is 11.9. The van der Waals surface area contributed by atoms with Gasteiger partial charge in [0.2, 0.25) is 5.78 Å². The van der Waals surface area contributed by atoms with Crippen molar-refractivity contribution in [3.05, 3.63) is 56.4 Å². The SMILES string of the molecule is N#CC(C(=O)c1ccc(Br)o1)c1ccc(Cl)cc1Cl. The molecule has 0 aliphatic rings. The first-order valence-corrected chi connectivity index (χ1v) is 6.72. The van der Waals surface area contributed by atoms with Crippen LogP contribution in [0.2, 0.25) is 10.0 Å². The molecule has 1 heterocycles. The lowest BCUT2D eigenvalue weighted by Gasteiger charge is -2.09. The van der Waals surface area contributed by atoms with Crippen molar-refractivity contribution >= 4 is 44.9 Å². The van der Waals surface area contributed by atoms with Crippen LogP contribution in [0.3, 0.4) is 0 Å². The van der Waals surface area contributed by atoms with Gasteiger partial charge in [-0.05, 0) is 45.8 Å². The highest BCUT2D eigenvalue weighted by Crippen LogP contribution is 2.30. The number of halogens is 3. The Balaban J connectivity index is 2.40. The summed E-state index contributed by atoms with van der Waals surface area (Å²) in [5.41, 5.74) is 0.408. The zero-order chi connectivity index (χ0) is 14.0. The van der Waals surface area contributed by atoms with Crippen molar-refractivity contribution in [2.45, 2.75) is 5.92 Å². The summed E-state index contributed by atoms with van der Waals surface area (Å²) in [5, 5.41) is 9.92. The highest BCUT2D eigenvalue weighted by atomic mass is 79.9. The van der Waals surface area contributed by atoms with Crippen LogP contribution in [0.25, 0.3) is 0 Å². The van der Waals surface area contributed by atoms with E-state index in [-0.39, 0.29) is 10.8 Å². The number of nitriles is 1. The number of furan rings is 1. The van der Waals surface area contributed by atoms with Crippen LogP contribution in [0.4, 0.5) is 0 Å².